The molecule has 0 aromatic heterocycles. The molecule has 1 saturated heterocycles. The molecule has 1 N–H and O–H groups in total. The molecule has 2 rings (SSSR count). The third-order valence-corrected chi connectivity index (χ3v) is 4.83. The van der Waals surface area contributed by atoms with Crippen molar-refractivity contribution in [2.45, 2.75) is 19.4 Å². The second-order valence-electron chi connectivity index (χ2n) is 5.25. The zero-order valence-electron chi connectivity index (χ0n) is 11.4. The first kappa shape index (κ1) is 14.5. The monoisotopic (exact) mass is 282 g/mol. The van der Waals surface area contributed by atoms with Gasteiger partial charge in [0.2, 0.25) is 10.0 Å². The molecule has 0 aliphatic carbocycles. The Balaban J connectivity index is 1.77. The molecule has 1 heterocycles. The maximum atomic E-state index is 11.5. The SMILES string of the molecule is CS(=O)(=O)N1CCCC(CNCc2ccccc2)C1. The topological polar surface area (TPSA) is 49.4 Å². The van der Waals surface area contributed by atoms with Crippen LogP contribution in [0.2, 0.25) is 0 Å². The van der Waals surface area contributed by atoms with Gasteiger partial charge in [-0.1, -0.05) is 30.3 Å². The minimum Gasteiger partial charge on any atom is -0.312 e. The summed E-state index contributed by atoms with van der Waals surface area (Å²) in [6.07, 6.45) is 3.37. The predicted octanol–water partition coefficient (Wildman–Crippen LogP) is 1.45. The maximum absolute atomic E-state index is 11.5. The Bertz CT molecular complexity index is 487. The summed E-state index contributed by atoms with van der Waals surface area (Å²) in [6, 6.07) is 10.3. The average Bonchev–Trinajstić information content (AvgIpc) is 2.39. The molecule has 1 aliphatic heterocycles. The first-order valence-electron chi connectivity index (χ1n) is 6.75. The third-order valence-electron chi connectivity index (χ3n) is 3.56. The Morgan fingerprint density at radius 1 is 1.32 bits per heavy atom. The molecule has 1 unspecified atom stereocenters. The summed E-state index contributed by atoms with van der Waals surface area (Å²) in [5, 5.41) is 3.42. The van der Waals surface area contributed by atoms with Gasteiger partial charge in [-0.25, -0.2) is 12.7 Å². The first-order valence-corrected chi connectivity index (χ1v) is 8.60. The van der Waals surface area contributed by atoms with Crippen molar-refractivity contribution in [1.29, 1.82) is 0 Å². The van der Waals surface area contributed by atoms with Crippen LogP contribution in [0, 0.1) is 5.92 Å². The lowest BCUT2D eigenvalue weighted by Gasteiger charge is -2.31. The summed E-state index contributed by atoms with van der Waals surface area (Å²) in [6.45, 7) is 3.05. The van der Waals surface area contributed by atoms with Crippen LogP contribution in [0.25, 0.3) is 0 Å². The lowest BCUT2D eigenvalue weighted by Crippen LogP contribution is -2.42. The fourth-order valence-corrected chi connectivity index (χ4v) is 3.45. The standard InChI is InChI=1S/C14H22N2O2S/c1-19(17,18)16-9-5-8-14(12-16)11-15-10-13-6-3-2-4-7-13/h2-4,6-7,14-15H,5,8-12H2,1H3. The number of nitrogens with zero attached hydrogens (tertiary/aromatic N) is 1. The molecular formula is C14H22N2O2S. The van der Waals surface area contributed by atoms with E-state index in [9.17, 15) is 8.42 Å². The summed E-state index contributed by atoms with van der Waals surface area (Å²) in [5.74, 6) is 0.423. The third kappa shape index (κ3) is 4.60. The number of sulfonamides is 1. The van der Waals surface area contributed by atoms with Crippen molar-refractivity contribution >= 4 is 10.0 Å². The highest BCUT2D eigenvalue weighted by Gasteiger charge is 2.25. The van der Waals surface area contributed by atoms with E-state index in [-0.39, 0.29) is 0 Å². The van der Waals surface area contributed by atoms with Crippen LogP contribution in [0.4, 0.5) is 0 Å². The summed E-state index contributed by atoms with van der Waals surface area (Å²) < 4.78 is 24.7. The van der Waals surface area contributed by atoms with E-state index in [4.69, 9.17) is 0 Å². The van der Waals surface area contributed by atoms with Gasteiger partial charge in [-0.2, -0.15) is 0 Å². The Morgan fingerprint density at radius 3 is 2.74 bits per heavy atom. The highest BCUT2D eigenvalue weighted by Crippen LogP contribution is 2.18. The molecule has 0 radical (unpaired) electrons. The number of nitrogens with one attached hydrogen (secondary N) is 1. The molecule has 1 aliphatic rings. The lowest BCUT2D eigenvalue weighted by molar-refractivity contribution is 0.261. The number of rotatable bonds is 5. The molecule has 0 spiro atoms. The summed E-state index contributed by atoms with van der Waals surface area (Å²) in [7, 11) is -3.03. The van der Waals surface area contributed by atoms with E-state index in [1.807, 2.05) is 18.2 Å². The van der Waals surface area contributed by atoms with Gasteiger partial charge in [0.15, 0.2) is 0 Å². The normalized spacial score (nSPS) is 21.4. The van der Waals surface area contributed by atoms with Crippen molar-refractivity contribution in [2.75, 3.05) is 25.9 Å². The lowest BCUT2D eigenvalue weighted by atomic mass is 9.99. The number of hydrogen-bond acceptors (Lipinski definition) is 3. The first-order chi connectivity index (χ1) is 9.05. The van der Waals surface area contributed by atoms with E-state index >= 15 is 0 Å². The minimum absolute atomic E-state index is 0.423. The van der Waals surface area contributed by atoms with Crippen LogP contribution in [0.1, 0.15) is 18.4 Å². The van der Waals surface area contributed by atoms with E-state index in [0.717, 1.165) is 25.9 Å². The van der Waals surface area contributed by atoms with Gasteiger partial charge in [0, 0.05) is 19.6 Å². The van der Waals surface area contributed by atoms with E-state index in [1.165, 1.54) is 11.8 Å². The van der Waals surface area contributed by atoms with Gasteiger partial charge < -0.3 is 5.32 Å². The van der Waals surface area contributed by atoms with Crippen LogP contribution in [-0.4, -0.2) is 38.6 Å². The molecule has 106 valence electrons. The van der Waals surface area contributed by atoms with Crippen LogP contribution in [0.3, 0.4) is 0 Å². The quantitative estimate of drug-likeness (QED) is 0.889. The zero-order chi connectivity index (χ0) is 13.7. The van der Waals surface area contributed by atoms with Crippen molar-refractivity contribution < 1.29 is 8.42 Å². The van der Waals surface area contributed by atoms with E-state index in [2.05, 4.69) is 17.4 Å². The fourth-order valence-electron chi connectivity index (χ4n) is 2.51. The van der Waals surface area contributed by atoms with Gasteiger partial charge in [-0.3, -0.25) is 0 Å². The van der Waals surface area contributed by atoms with E-state index in [1.54, 1.807) is 4.31 Å². The van der Waals surface area contributed by atoms with Gasteiger partial charge >= 0.3 is 0 Å². The molecule has 1 aromatic carbocycles. The maximum Gasteiger partial charge on any atom is 0.211 e. The molecule has 0 saturated carbocycles. The van der Waals surface area contributed by atoms with Gasteiger partial charge in [0.1, 0.15) is 0 Å². The van der Waals surface area contributed by atoms with Crippen LogP contribution < -0.4 is 5.32 Å². The Kier molecular flexibility index (Phi) is 4.96. The van der Waals surface area contributed by atoms with Crippen LogP contribution in [0.5, 0.6) is 0 Å². The Labute approximate surface area is 115 Å². The van der Waals surface area contributed by atoms with Crippen molar-refractivity contribution in [1.82, 2.24) is 9.62 Å². The number of hydrogen-bond donors (Lipinski definition) is 1. The molecule has 19 heavy (non-hydrogen) atoms. The smallest absolute Gasteiger partial charge is 0.211 e. The molecule has 1 atom stereocenters. The second kappa shape index (κ2) is 6.50. The van der Waals surface area contributed by atoms with Gasteiger partial charge in [-0.05, 0) is 30.9 Å². The van der Waals surface area contributed by atoms with Crippen molar-refractivity contribution in [2.24, 2.45) is 5.92 Å². The number of benzene rings is 1. The molecule has 5 heteroatoms. The van der Waals surface area contributed by atoms with E-state index in [0.29, 0.717) is 19.0 Å². The van der Waals surface area contributed by atoms with Crippen molar-refractivity contribution in [3.05, 3.63) is 35.9 Å². The highest BCUT2D eigenvalue weighted by atomic mass is 32.2. The molecular weight excluding hydrogens is 260 g/mol. The molecule has 0 amide bonds. The largest absolute Gasteiger partial charge is 0.312 e. The zero-order valence-corrected chi connectivity index (χ0v) is 12.2. The predicted molar refractivity (Wildman–Crippen MR) is 77.3 cm³/mol. The van der Waals surface area contributed by atoms with Gasteiger partial charge in [-0.15, -0.1) is 0 Å². The summed E-state index contributed by atoms with van der Waals surface area (Å²) >= 11 is 0. The number of piperidine rings is 1. The van der Waals surface area contributed by atoms with Crippen LogP contribution in [-0.2, 0) is 16.6 Å². The Hall–Kier alpha value is -0.910. The van der Waals surface area contributed by atoms with Gasteiger partial charge in [0.05, 0.1) is 6.26 Å². The average molecular weight is 282 g/mol. The Morgan fingerprint density at radius 2 is 2.05 bits per heavy atom. The van der Waals surface area contributed by atoms with Gasteiger partial charge in [0.25, 0.3) is 0 Å². The molecule has 0 bridgehead atoms. The van der Waals surface area contributed by atoms with Crippen LogP contribution in [0.15, 0.2) is 30.3 Å². The van der Waals surface area contributed by atoms with E-state index < -0.39 is 10.0 Å². The minimum atomic E-state index is -3.03. The molecule has 1 fully saturated rings. The summed E-state index contributed by atoms with van der Waals surface area (Å²) in [4.78, 5) is 0. The highest BCUT2D eigenvalue weighted by molar-refractivity contribution is 7.88. The van der Waals surface area contributed by atoms with Crippen molar-refractivity contribution in [3.8, 4) is 0 Å². The van der Waals surface area contributed by atoms with Crippen molar-refractivity contribution in [3.63, 3.8) is 0 Å². The van der Waals surface area contributed by atoms with Crippen LogP contribution >= 0.6 is 0 Å². The molecule has 1 aromatic rings. The second-order valence-corrected chi connectivity index (χ2v) is 7.23. The molecule has 4 nitrogen and oxygen atoms in total. The fraction of sp³-hybridized carbons (Fsp3) is 0.571. The summed E-state index contributed by atoms with van der Waals surface area (Å²) in [5.41, 5.74) is 1.26.